The van der Waals surface area contributed by atoms with Crippen LogP contribution in [-0.2, 0) is 11.0 Å². The molecule has 1 aromatic carbocycles. The first-order valence-corrected chi connectivity index (χ1v) is 6.30. The van der Waals surface area contributed by atoms with Gasteiger partial charge in [-0.3, -0.25) is 4.79 Å². The number of rotatable bonds is 4. The molecule has 0 heterocycles. The lowest BCUT2D eigenvalue weighted by Gasteiger charge is -2.20. The highest BCUT2D eigenvalue weighted by atomic mass is 19.4. The number of anilines is 1. The molecule has 0 aliphatic heterocycles. The summed E-state index contributed by atoms with van der Waals surface area (Å²) < 4.78 is 37.5. The van der Waals surface area contributed by atoms with Crippen molar-refractivity contribution in [1.82, 2.24) is 5.32 Å². The Morgan fingerprint density at radius 2 is 1.85 bits per heavy atom. The highest BCUT2D eigenvalue weighted by Crippen LogP contribution is 2.30. The van der Waals surface area contributed by atoms with Crippen molar-refractivity contribution in [3.63, 3.8) is 0 Å². The van der Waals surface area contributed by atoms with E-state index in [0.717, 1.165) is 12.1 Å². The van der Waals surface area contributed by atoms with Crippen molar-refractivity contribution in [1.29, 1.82) is 0 Å². The Bertz CT molecular complexity index is 464. The van der Waals surface area contributed by atoms with Crippen molar-refractivity contribution in [3.8, 4) is 0 Å². The number of alkyl halides is 3. The number of benzene rings is 1. The molecule has 0 bridgehead atoms. The van der Waals surface area contributed by atoms with Crippen LogP contribution in [0.3, 0.4) is 0 Å². The van der Waals surface area contributed by atoms with E-state index >= 15 is 0 Å². The third-order valence-electron chi connectivity index (χ3n) is 2.48. The second kappa shape index (κ2) is 6.26. The standard InChI is InChI=1S/C14H19F3N2O/c1-13(2,3)18-8-7-12(20)19-11-6-4-5-10(9-11)14(15,16)17/h4-6,9,18H,7-8H2,1-3H3,(H,19,20). The van der Waals surface area contributed by atoms with Crippen molar-refractivity contribution in [3.05, 3.63) is 29.8 Å². The van der Waals surface area contributed by atoms with Crippen LogP contribution in [0.15, 0.2) is 24.3 Å². The van der Waals surface area contributed by atoms with Crippen LogP contribution >= 0.6 is 0 Å². The molecular weight excluding hydrogens is 269 g/mol. The Kier molecular flexibility index (Phi) is 5.16. The van der Waals surface area contributed by atoms with Gasteiger partial charge in [-0.2, -0.15) is 13.2 Å². The largest absolute Gasteiger partial charge is 0.416 e. The Morgan fingerprint density at radius 1 is 1.20 bits per heavy atom. The molecular formula is C14H19F3N2O. The average molecular weight is 288 g/mol. The maximum atomic E-state index is 12.5. The van der Waals surface area contributed by atoms with Crippen LogP contribution in [0.5, 0.6) is 0 Å². The summed E-state index contributed by atoms with van der Waals surface area (Å²) in [6.07, 6.45) is -4.21. The van der Waals surface area contributed by atoms with Gasteiger partial charge in [-0.05, 0) is 39.0 Å². The molecule has 20 heavy (non-hydrogen) atoms. The normalized spacial score (nSPS) is 12.3. The van der Waals surface area contributed by atoms with E-state index in [0.29, 0.717) is 6.54 Å². The molecule has 0 aliphatic rings. The smallest absolute Gasteiger partial charge is 0.326 e. The summed E-state index contributed by atoms with van der Waals surface area (Å²) in [5, 5.41) is 5.60. The Morgan fingerprint density at radius 3 is 2.40 bits per heavy atom. The molecule has 0 atom stereocenters. The summed E-state index contributed by atoms with van der Waals surface area (Å²) in [5.74, 6) is -0.318. The minimum Gasteiger partial charge on any atom is -0.326 e. The highest BCUT2D eigenvalue weighted by molar-refractivity contribution is 5.90. The minimum atomic E-state index is -4.41. The first kappa shape index (κ1) is 16.5. The molecule has 2 N–H and O–H groups in total. The van der Waals surface area contributed by atoms with Gasteiger partial charge in [0.25, 0.3) is 0 Å². The van der Waals surface area contributed by atoms with Crippen LogP contribution in [0.1, 0.15) is 32.8 Å². The van der Waals surface area contributed by atoms with E-state index in [1.54, 1.807) is 0 Å². The fourth-order valence-electron chi connectivity index (χ4n) is 1.55. The predicted octanol–water partition coefficient (Wildman–Crippen LogP) is 3.42. The van der Waals surface area contributed by atoms with Crippen LogP contribution in [0.4, 0.5) is 18.9 Å². The summed E-state index contributed by atoms with van der Waals surface area (Å²) in [4.78, 5) is 11.6. The number of halogens is 3. The molecule has 3 nitrogen and oxygen atoms in total. The van der Waals surface area contributed by atoms with Crippen molar-refractivity contribution in [2.45, 2.75) is 38.9 Å². The fourth-order valence-corrected chi connectivity index (χ4v) is 1.55. The summed E-state index contributed by atoms with van der Waals surface area (Å²) in [5.41, 5.74) is -0.722. The number of carbonyl (C=O) groups is 1. The first-order valence-electron chi connectivity index (χ1n) is 6.30. The second-order valence-electron chi connectivity index (χ2n) is 5.55. The third-order valence-corrected chi connectivity index (χ3v) is 2.48. The predicted molar refractivity (Wildman–Crippen MR) is 72.4 cm³/mol. The zero-order chi connectivity index (χ0) is 15.4. The average Bonchev–Trinajstić information content (AvgIpc) is 2.26. The molecule has 0 saturated heterocycles. The monoisotopic (exact) mass is 288 g/mol. The van der Waals surface area contributed by atoms with Crippen LogP contribution in [0.2, 0.25) is 0 Å². The number of nitrogens with one attached hydrogen (secondary N) is 2. The Hall–Kier alpha value is -1.56. The molecule has 112 valence electrons. The fraction of sp³-hybridized carbons (Fsp3) is 0.500. The van der Waals surface area contributed by atoms with Gasteiger partial charge in [0.05, 0.1) is 5.56 Å². The van der Waals surface area contributed by atoms with Crippen LogP contribution in [0.25, 0.3) is 0 Å². The van der Waals surface area contributed by atoms with Crippen LogP contribution in [0, 0.1) is 0 Å². The topological polar surface area (TPSA) is 41.1 Å². The molecule has 0 spiro atoms. The number of carbonyl (C=O) groups excluding carboxylic acids is 1. The molecule has 0 unspecified atom stereocenters. The quantitative estimate of drug-likeness (QED) is 0.891. The lowest BCUT2D eigenvalue weighted by molar-refractivity contribution is -0.137. The molecule has 0 saturated carbocycles. The van der Waals surface area contributed by atoms with Crippen LogP contribution in [-0.4, -0.2) is 18.0 Å². The van der Waals surface area contributed by atoms with E-state index in [4.69, 9.17) is 0 Å². The van der Waals surface area contributed by atoms with Gasteiger partial charge in [-0.15, -0.1) is 0 Å². The Balaban J connectivity index is 2.54. The highest BCUT2D eigenvalue weighted by Gasteiger charge is 2.30. The maximum Gasteiger partial charge on any atom is 0.416 e. The minimum absolute atomic E-state index is 0.101. The SMILES string of the molecule is CC(C)(C)NCCC(=O)Nc1cccc(C(F)(F)F)c1. The molecule has 6 heteroatoms. The number of hydrogen-bond donors (Lipinski definition) is 2. The third kappa shape index (κ3) is 6.06. The van der Waals surface area contributed by atoms with Gasteiger partial charge >= 0.3 is 6.18 Å². The van der Waals surface area contributed by atoms with Crippen molar-refractivity contribution in [2.75, 3.05) is 11.9 Å². The van der Waals surface area contributed by atoms with Crippen molar-refractivity contribution < 1.29 is 18.0 Å². The van der Waals surface area contributed by atoms with Crippen molar-refractivity contribution in [2.24, 2.45) is 0 Å². The van der Waals surface area contributed by atoms with Crippen molar-refractivity contribution >= 4 is 11.6 Å². The zero-order valence-electron chi connectivity index (χ0n) is 11.8. The summed E-state index contributed by atoms with van der Waals surface area (Å²) >= 11 is 0. The summed E-state index contributed by atoms with van der Waals surface area (Å²) in [6.45, 7) is 6.38. The Labute approximate surface area is 116 Å². The number of amides is 1. The van der Waals surface area contributed by atoms with Gasteiger partial charge < -0.3 is 10.6 Å². The van der Waals surface area contributed by atoms with E-state index in [1.165, 1.54) is 12.1 Å². The summed E-state index contributed by atoms with van der Waals surface area (Å²) in [6, 6.07) is 4.60. The van der Waals surface area contributed by atoms with E-state index in [-0.39, 0.29) is 23.6 Å². The molecule has 0 aliphatic carbocycles. The lowest BCUT2D eigenvalue weighted by Crippen LogP contribution is -2.37. The number of hydrogen-bond acceptors (Lipinski definition) is 2. The maximum absolute atomic E-state index is 12.5. The van der Waals surface area contributed by atoms with Gasteiger partial charge in [0.15, 0.2) is 0 Å². The molecule has 1 rings (SSSR count). The molecule has 1 amide bonds. The van der Waals surface area contributed by atoms with Gasteiger partial charge in [0.1, 0.15) is 0 Å². The zero-order valence-corrected chi connectivity index (χ0v) is 11.8. The molecule has 1 aromatic rings. The van der Waals surface area contributed by atoms with Gasteiger partial charge in [-0.25, -0.2) is 0 Å². The summed E-state index contributed by atoms with van der Waals surface area (Å²) in [7, 11) is 0. The second-order valence-corrected chi connectivity index (χ2v) is 5.55. The van der Waals surface area contributed by atoms with Gasteiger partial charge in [-0.1, -0.05) is 6.07 Å². The molecule has 0 radical (unpaired) electrons. The molecule has 0 fully saturated rings. The van der Waals surface area contributed by atoms with Gasteiger partial charge in [0, 0.05) is 24.2 Å². The molecule has 0 aromatic heterocycles. The van der Waals surface area contributed by atoms with E-state index in [9.17, 15) is 18.0 Å². The first-order chi connectivity index (χ1) is 9.08. The van der Waals surface area contributed by atoms with E-state index < -0.39 is 11.7 Å². The van der Waals surface area contributed by atoms with Crippen LogP contribution < -0.4 is 10.6 Å². The van der Waals surface area contributed by atoms with E-state index in [1.807, 2.05) is 20.8 Å². The van der Waals surface area contributed by atoms with E-state index in [2.05, 4.69) is 10.6 Å². The van der Waals surface area contributed by atoms with Gasteiger partial charge in [0.2, 0.25) is 5.91 Å². The lowest BCUT2D eigenvalue weighted by atomic mass is 10.1.